The summed E-state index contributed by atoms with van der Waals surface area (Å²) in [5.41, 5.74) is 1.44. The largest absolute Gasteiger partial charge is 0.444 e. The lowest BCUT2D eigenvalue weighted by atomic mass is 10.0. The van der Waals surface area contributed by atoms with Crippen LogP contribution in [0.5, 0.6) is 0 Å². The van der Waals surface area contributed by atoms with E-state index in [1.54, 1.807) is 46.3 Å². The number of pyridine rings is 1. The molecule has 6 nitrogen and oxygen atoms in total. The van der Waals surface area contributed by atoms with Crippen molar-refractivity contribution in [2.75, 3.05) is 13.1 Å². The summed E-state index contributed by atoms with van der Waals surface area (Å²) in [6.07, 6.45) is 1.96. The molecule has 5 rings (SSSR count). The van der Waals surface area contributed by atoms with Gasteiger partial charge in [-0.05, 0) is 57.0 Å². The van der Waals surface area contributed by atoms with E-state index in [0.717, 1.165) is 5.39 Å². The molecule has 0 radical (unpaired) electrons. The molecule has 2 saturated heterocycles. The van der Waals surface area contributed by atoms with Crippen LogP contribution in [0.1, 0.15) is 37.6 Å². The summed E-state index contributed by atoms with van der Waals surface area (Å²) in [6, 6.07) is 11.5. The zero-order valence-corrected chi connectivity index (χ0v) is 20.0. The molecule has 3 heterocycles. The first-order chi connectivity index (χ1) is 16.1. The lowest BCUT2D eigenvalue weighted by Crippen LogP contribution is -2.51. The van der Waals surface area contributed by atoms with Gasteiger partial charge in [0.1, 0.15) is 11.4 Å². The Labute approximate surface area is 202 Å². The topological polar surface area (TPSA) is 62.7 Å². The van der Waals surface area contributed by atoms with Crippen molar-refractivity contribution in [3.05, 3.63) is 65.1 Å². The van der Waals surface area contributed by atoms with Gasteiger partial charge in [0.2, 0.25) is 0 Å². The molecule has 0 spiro atoms. The van der Waals surface area contributed by atoms with Gasteiger partial charge in [-0.2, -0.15) is 0 Å². The summed E-state index contributed by atoms with van der Waals surface area (Å²) in [4.78, 5) is 33.4. The quantitative estimate of drug-likeness (QED) is 0.483. The van der Waals surface area contributed by atoms with Crippen LogP contribution >= 0.6 is 11.6 Å². The van der Waals surface area contributed by atoms with E-state index in [-0.39, 0.29) is 24.1 Å². The van der Waals surface area contributed by atoms with E-state index < -0.39 is 11.4 Å². The maximum absolute atomic E-state index is 15.1. The van der Waals surface area contributed by atoms with Crippen molar-refractivity contribution in [3.8, 4) is 11.1 Å². The monoisotopic (exact) mass is 481 g/mol. The Morgan fingerprint density at radius 3 is 2.47 bits per heavy atom. The number of piperazine rings is 1. The van der Waals surface area contributed by atoms with E-state index in [4.69, 9.17) is 16.3 Å². The van der Waals surface area contributed by atoms with Gasteiger partial charge in [0.15, 0.2) is 0 Å². The molecule has 8 heteroatoms. The number of ether oxygens (including phenoxy) is 1. The van der Waals surface area contributed by atoms with Crippen LogP contribution in [0.2, 0.25) is 5.02 Å². The van der Waals surface area contributed by atoms with Crippen molar-refractivity contribution in [1.29, 1.82) is 0 Å². The Bertz CT molecular complexity index is 1310. The summed E-state index contributed by atoms with van der Waals surface area (Å²) in [5, 5.41) is 1.38. The first-order valence-electron chi connectivity index (χ1n) is 11.3. The minimum absolute atomic E-state index is 0.0788. The third kappa shape index (κ3) is 4.09. The van der Waals surface area contributed by atoms with Crippen molar-refractivity contribution < 1.29 is 18.7 Å². The molecule has 0 aliphatic carbocycles. The van der Waals surface area contributed by atoms with E-state index in [2.05, 4.69) is 4.98 Å². The number of amides is 2. The van der Waals surface area contributed by atoms with E-state index in [1.165, 1.54) is 6.07 Å². The third-order valence-corrected chi connectivity index (χ3v) is 6.68. The minimum Gasteiger partial charge on any atom is -0.444 e. The van der Waals surface area contributed by atoms with E-state index in [1.807, 2.05) is 26.8 Å². The fraction of sp³-hybridized carbons (Fsp3) is 0.346. The molecule has 2 aliphatic heterocycles. The van der Waals surface area contributed by atoms with Crippen LogP contribution in [0.4, 0.5) is 9.18 Å². The van der Waals surface area contributed by atoms with Gasteiger partial charge in [0, 0.05) is 35.8 Å². The van der Waals surface area contributed by atoms with Crippen LogP contribution in [-0.2, 0) is 4.74 Å². The second-order valence-corrected chi connectivity index (χ2v) is 10.3. The van der Waals surface area contributed by atoms with Gasteiger partial charge in [0.05, 0.1) is 22.6 Å². The normalized spacial score (nSPS) is 19.7. The maximum atomic E-state index is 15.1. The van der Waals surface area contributed by atoms with Crippen molar-refractivity contribution in [2.45, 2.75) is 44.9 Å². The first kappa shape index (κ1) is 22.6. The fourth-order valence-electron chi connectivity index (χ4n) is 4.79. The number of carbonyl (C=O) groups is 2. The van der Waals surface area contributed by atoms with Crippen LogP contribution in [0.3, 0.4) is 0 Å². The SMILES string of the molecule is CC(C)(C)OC(=O)N1C[C@@H]2C[C@H]1CN2C(=O)c1ccc(-c2ccc3c(Cl)ccnc3c2)c(F)c1. The molecule has 2 aromatic carbocycles. The van der Waals surface area contributed by atoms with Gasteiger partial charge in [-0.1, -0.05) is 29.8 Å². The van der Waals surface area contributed by atoms with Gasteiger partial charge in [-0.15, -0.1) is 0 Å². The lowest BCUT2D eigenvalue weighted by Gasteiger charge is -2.35. The van der Waals surface area contributed by atoms with Crippen LogP contribution in [0.25, 0.3) is 22.0 Å². The first-order valence-corrected chi connectivity index (χ1v) is 11.6. The molecular weight excluding hydrogens is 457 g/mol. The number of halogens is 2. The third-order valence-electron chi connectivity index (χ3n) is 6.35. The molecule has 2 aliphatic rings. The molecule has 176 valence electrons. The van der Waals surface area contributed by atoms with Gasteiger partial charge in [0.25, 0.3) is 5.91 Å². The van der Waals surface area contributed by atoms with E-state index in [0.29, 0.717) is 46.7 Å². The number of rotatable bonds is 2. The molecule has 2 fully saturated rings. The van der Waals surface area contributed by atoms with Crippen LogP contribution in [-0.4, -0.2) is 57.6 Å². The van der Waals surface area contributed by atoms with E-state index >= 15 is 4.39 Å². The Morgan fingerprint density at radius 2 is 1.79 bits per heavy atom. The highest BCUT2D eigenvalue weighted by Crippen LogP contribution is 2.34. The van der Waals surface area contributed by atoms with Gasteiger partial charge < -0.3 is 14.5 Å². The Balaban J connectivity index is 1.32. The molecule has 1 aromatic heterocycles. The Kier molecular flexibility index (Phi) is 5.47. The number of fused-ring (bicyclic) bond motifs is 3. The molecule has 2 bridgehead atoms. The molecule has 2 amide bonds. The van der Waals surface area contributed by atoms with Crippen LogP contribution < -0.4 is 0 Å². The number of likely N-dealkylation sites (tertiary alicyclic amines) is 2. The smallest absolute Gasteiger partial charge is 0.410 e. The number of nitrogens with zero attached hydrogens (tertiary/aromatic N) is 3. The molecule has 34 heavy (non-hydrogen) atoms. The second kappa shape index (κ2) is 8.24. The summed E-state index contributed by atoms with van der Waals surface area (Å²) < 4.78 is 20.6. The van der Waals surface area contributed by atoms with Crippen molar-refractivity contribution in [2.24, 2.45) is 0 Å². The average Bonchev–Trinajstić information content (AvgIpc) is 3.38. The highest BCUT2D eigenvalue weighted by atomic mass is 35.5. The number of hydrogen-bond donors (Lipinski definition) is 0. The number of carbonyl (C=O) groups excluding carboxylic acids is 2. The number of benzene rings is 2. The van der Waals surface area contributed by atoms with Crippen LogP contribution in [0, 0.1) is 5.82 Å². The Morgan fingerprint density at radius 1 is 1.06 bits per heavy atom. The average molecular weight is 482 g/mol. The summed E-state index contributed by atoms with van der Waals surface area (Å²) in [6.45, 7) is 6.34. The van der Waals surface area contributed by atoms with E-state index in [9.17, 15) is 9.59 Å². The van der Waals surface area contributed by atoms with Gasteiger partial charge >= 0.3 is 6.09 Å². The van der Waals surface area contributed by atoms with Crippen LogP contribution in [0.15, 0.2) is 48.7 Å². The molecule has 2 atom stereocenters. The molecular formula is C26H25ClFN3O3. The van der Waals surface area contributed by atoms with Crippen molar-refractivity contribution in [1.82, 2.24) is 14.8 Å². The second-order valence-electron chi connectivity index (χ2n) is 9.85. The van der Waals surface area contributed by atoms with Gasteiger partial charge in [-0.25, -0.2) is 9.18 Å². The highest BCUT2D eigenvalue weighted by Gasteiger charge is 2.48. The minimum atomic E-state index is -0.568. The summed E-state index contributed by atoms with van der Waals surface area (Å²) in [7, 11) is 0. The maximum Gasteiger partial charge on any atom is 0.410 e. The lowest BCUT2D eigenvalue weighted by molar-refractivity contribution is 0.0126. The molecule has 3 aromatic rings. The van der Waals surface area contributed by atoms with Crippen molar-refractivity contribution >= 4 is 34.5 Å². The van der Waals surface area contributed by atoms with Crippen molar-refractivity contribution in [3.63, 3.8) is 0 Å². The zero-order chi connectivity index (χ0) is 24.2. The molecule has 0 N–H and O–H groups in total. The summed E-state index contributed by atoms with van der Waals surface area (Å²) in [5.74, 6) is -0.708. The molecule has 0 saturated carbocycles. The number of hydrogen-bond acceptors (Lipinski definition) is 4. The molecule has 0 unspecified atom stereocenters. The predicted octanol–water partition coefficient (Wildman–Crippen LogP) is 5.53. The highest BCUT2D eigenvalue weighted by molar-refractivity contribution is 6.35. The zero-order valence-electron chi connectivity index (χ0n) is 19.2. The fourth-order valence-corrected chi connectivity index (χ4v) is 5.00. The van der Waals surface area contributed by atoms with Gasteiger partial charge in [-0.3, -0.25) is 9.78 Å². The number of aromatic nitrogens is 1. The Hall–Kier alpha value is -3.19. The standard InChI is InChI=1S/C26H25ClFN3O3/c1-26(2,3)34-25(33)31-14-17-12-18(31)13-30(17)24(32)16-5-6-19(22(28)10-16)15-4-7-20-21(27)8-9-29-23(20)11-15/h4-11,17-18H,12-14H2,1-3H3/t17-,18-/m0/s1. The summed E-state index contributed by atoms with van der Waals surface area (Å²) >= 11 is 6.20. The predicted molar refractivity (Wildman–Crippen MR) is 128 cm³/mol.